The SMILES string of the molecule is Cc1cc(NC(=O)N[C@H](C)[C@@H]2COc3ccccc32)nn1C. The minimum Gasteiger partial charge on any atom is -0.493 e. The van der Waals surface area contributed by atoms with E-state index < -0.39 is 0 Å². The molecule has 0 unspecified atom stereocenters. The number of para-hydroxylation sites is 1. The van der Waals surface area contributed by atoms with Crippen LogP contribution in [-0.4, -0.2) is 28.5 Å². The van der Waals surface area contributed by atoms with Gasteiger partial charge in [0.25, 0.3) is 0 Å². The number of nitrogens with one attached hydrogen (secondary N) is 2. The van der Waals surface area contributed by atoms with Gasteiger partial charge in [-0.05, 0) is 19.9 Å². The number of carbonyl (C=O) groups is 1. The third kappa shape index (κ3) is 2.77. The number of fused-ring (bicyclic) bond motifs is 1. The molecule has 2 atom stereocenters. The summed E-state index contributed by atoms with van der Waals surface area (Å²) in [6.45, 7) is 4.51. The van der Waals surface area contributed by atoms with Crippen molar-refractivity contribution in [2.24, 2.45) is 7.05 Å². The number of hydrogen-bond acceptors (Lipinski definition) is 3. The first-order chi connectivity index (χ1) is 10.5. The summed E-state index contributed by atoms with van der Waals surface area (Å²) in [5.74, 6) is 1.61. The van der Waals surface area contributed by atoms with Gasteiger partial charge in [-0.25, -0.2) is 4.79 Å². The average Bonchev–Trinajstić information content (AvgIpc) is 3.02. The van der Waals surface area contributed by atoms with Gasteiger partial charge in [-0.3, -0.25) is 10.00 Å². The van der Waals surface area contributed by atoms with Crippen molar-refractivity contribution in [3.05, 3.63) is 41.6 Å². The molecule has 2 amide bonds. The molecule has 0 spiro atoms. The van der Waals surface area contributed by atoms with Crippen molar-refractivity contribution in [2.45, 2.75) is 25.8 Å². The van der Waals surface area contributed by atoms with Gasteiger partial charge >= 0.3 is 6.03 Å². The molecule has 0 bridgehead atoms. The molecule has 0 aliphatic carbocycles. The van der Waals surface area contributed by atoms with Gasteiger partial charge in [0.05, 0.1) is 6.61 Å². The molecule has 2 N–H and O–H groups in total. The number of hydrogen-bond donors (Lipinski definition) is 2. The highest BCUT2D eigenvalue weighted by Crippen LogP contribution is 2.35. The van der Waals surface area contributed by atoms with E-state index >= 15 is 0 Å². The molecule has 22 heavy (non-hydrogen) atoms. The number of anilines is 1. The Bertz CT molecular complexity index is 676. The van der Waals surface area contributed by atoms with Crippen molar-refractivity contribution in [3.63, 3.8) is 0 Å². The molecule has 6 heteroatoms. The fourth-order valence-corrected chi connectivity index (χ4v) is 2.68. The van der Waals surface area contributed by atoms with Crippen LogP contribution in [0.15, 0.2) is 30.3 Å². The zero-order chi connectivity index (χ0) is 15.7. The van der Waals surface area contributed by atoms with Crippen molar-refractivity contribution in [1.82, 2.24) is 15.1 Å². The summed E-state index contributed by atoms with van der Waals surface area (Å²) in [5, 5.41) is 9.93. The predicted octanol–water partition coefficient (Wildman–Crippen LogP) is 2.41. The fourth-order valence-electron chi connectivity index (χ4n) is 2.68. The second-order valence-electron chi connectivity index (χ2n) is 5.64. The predicted molar refractivity (Wildman–Crippen MR) is 84.2 cm³/mol. The molecule has 1 aliphatic rings. The lowest BCUT2D eigenvalue weighted by Gasteiger charge is -2.19. The zero-order valence-corrected chi connectivity index (χ0v) is 13.0. The second-order valence-corrected chi connectivity index (χ2v) is 5.64. The Labute approximate surface area is 129 Å². The standard InChI is InChI=1S/C16H20N4O2/c1-10-8-15(19-20(10)3)18-16(21)17-11(2)13-9-22-14-7-5-4-6-12(13)14/h4-8,11,13H,9H2,1-3H3,(H2,17,18,19,21)/t11-,13+/m1/s1. The first kappa shape index (κ1) is 14.4. The minimum atomic E-state index is -0.255. The molecule has 1 aliphatic heterocycles. The average molecular weight is 300 g/mol. The van der Waals surface area contributed by atoms with E-state index in [-0.39, 0.29) is 18.0 Å². The molecular formula is C16H20N4O2. The summed E-state index contributed by atoms with van der Waals surface area (Å²) in [6, 6.07) is 9.49. The Balaban J connectivity index is 1.62. The summed E-state index contributed by atoms with van der Waals surface area (Å²) in [5.41, 5.74) is 2.13. The molecule has 0 saturated heterocycles. The van der Waals surface area contributed by atoms with Crippen LogP contribution in [0.1, 0.15) is 24.1 Å². The van der Waals surface area contributed by atoms with E-state index in [1.807, 2.05) is 51.2 Å². The van der Waals surface area contributed by atoms with Gasteiger partial charge in [-0.2, -0.15) is 5.10 Å². The normalized spacial score (nSPS) is 17.5. The summed E-state index contributed by atoms with van der Waals surface area (Å²) in [4.78, 5) is 12.1. The van der Waals surface area contributed by atoms with E-state index in [1.54, 1.807) is 4.68 Å². The summed E-state index contributed by atoms with van der Waals surface area (Å²) >= 11 is 0. The number of urea groups is 1. The van der Waals surface area contributed by atoms with Crippen LogP contribution < -0.4 is 15.4 Å². The molecule has 6 nitrogen and oxygen atoms in total. The monoisotopic (exact) mass is 300 g/mol. The van der Waals surface area contributed by atoms with Gasteiger partial charge in [-0.1, -0.05) is 18.2 Å². The summed E-state index contributed by atoms with van der Waals surface area (Å²) < 4.78 is 7.39. The van der Waals surface area contributed by atoms with Gasteiger partial charge in [0.1, 0.15) is 5.75 Å². The van der Waals surface area contributed by atoms with E-state index in [4.69, 9.17) is 4.74 Å². The van der Waals surface area contributed by atoms with Gasteiger partial charge in [0, 0.05) is 36.3 Å². The van der Waals surface area contributed by atoms with E-state index in [9.17, 15) is 4.79 Å². The molecule has 116 valence electrons. The van der Waals surface area contributed by atoms with Crippen LogP contribution >= 0.6 is 0 Å². The highest BCUT2D eigenvalue weighted by molar-refractivity contribution is 5.88. The molecule has 2 heterocycles. The minimum absolute atomic E-state index is 0.0338. The van der Waals surface area contributed by atoms with E-state index in [0.29, 0.717) is 12.4 Å². The van der Waals surface area contributed by atoms with E-state index in [0.717, 1.165) is 17.0 Å². The van der Waals surface area contributed by atoms with Gasteiger partial charge < -0.3 is 10.1 Å². The Morgan fingerprint density at radius 2 is 2.23 bits per heavy atom. The lowest BCUT2D eigenvalue weighted by Crippen LogP contribution is -2.40. The maximum absolute atomic E-state index is 12.1. The molecule has 1 aromatic heterocycles. The number of rotatable bonds is 3. The number of carbonyl (C=O) groups excluding carboxylic acids is 1. The van der Waals surface area contributed by atoms with Crippen LogP contribution in [-0.2, 0) is 7.05 Å². The third-order valence-corrected chi connectivity index (χ3v) is 4.05. The first-order valence-corrected chi connectivity index (χ1v) is 7.34. The lowest BCUT2D eigenvalue weighted by molar-refractivity contribution is 0.244. The zero-order valence-electron chi connectivity index (χ0n) is 13.0. The van der Waals surface area contributed by atoms with Crippen LogP contribution in [0.5, 0.6) is 5.75 Å². The maximum Gasteiger partial charge on any atom is 0.320 e. The number of aromatic nitrogens is 2. The second kappa shape index (κ2) is 5.71. The highest BCUT2D eigenvalue weighted by Gasteiger charge is 2.29. The molecular weight excluding hydrogens is 280 g/mol. The summed E-state index contributed by atoms with van der Waals surface area (Å²) in [7, 11) is 1.84. The lowest BCUT2D eigenvalue weighted by atomic mass is 9.94. The number of nitrogens with zero attached hydrogens (tertiary/aromatic N) is 2. The molecule has 0 fully saturated rings. The Kier molecular flexibility index (Phi) is 3.75. The van der Waals surface area contributed by atoms with Crippen LogP contribution in [0.25, 0.3) is 0 Å². The van der Waals surface area contributed by atoms with Crippen molar-refractivity contribution in [1.29, 1.82) is 0 Å². The van der Waals surface area contributed by atoms with Crippen LogP contribution in [0.2, 0.25) is 0 Å². The Hall–Kier alpha value is -2.50. The van der Waals surface area contributed by atoms with Gasteiger partial charge in [-0.15, -0.1) is 0 Å². The van der Waals surface area contributed by atoms with Crippen LogP contribution in [0.3, 0.4) is 0 Å². The van der Waals surface area contributed by atoms with Gasteiger partial charge in [0.15, 0.2) is 5.82 Å². The van der Waals surface area contributed by atoms with Crippen LogP contribution in [0.4, 0.5) is 10.6 Å². The number of amides is 2. The maximum atomic E-state index is 12.1. The van der Waals surface area contributed by atoms with Crippen LogP contribution in [0, 0.1) is 6.92 Å². The molecule has 3 rings (SSSR count). The number of ether oxygens (including phenoxy) is 1. The number of aryl methyl sites for hydroxylation is 2. The topological polar surface area (TPSA) is 68.2 Å². The van der Waals surface area contributed by atoms with E-state index in [2.05, 4.69) is 15.7 Å². The Morgan fingerprint density at radius 3 is 2.95 bits per heavy atom. The smallest absolute Gasteiger partial charge is 0.320 e. The molecule has 0 radical (unpaired) electrons. The number of benzene rings is 1. The third-order valence-electron chi connectivity index (χ3n) is 4.05. The summed E-state index contributed by atoms with van der Waals surface area (Å²) in [6.07, 6.45) is 0. The fraction of sp³-hybridized carbons (Fsp3) is 0.375. The Morgan fingerprint density at radius 1 is 1.45 bits per heavy atom. The van der Waals surface area contributed by atoms with E-state index in [1.165, 1.54) is 0 Å². The quantitative estimate of drug-likeness (QED) is 0.914. The van der Waals surface area contributed by atoms with Gasteiger partial charge in [0.2, 0.25) is 0 Å². The van der Waals surface area contributed by atoms with Crippen molar-refractivity contribution in [2.75, 3.05) is 11.9 Å². The molecule has 1 aromatic carbocycles. The van der Waals surface area contributed by atoms with Crippen molar-refractivity contribution < 1.29 is 9.53 Å². The highest BCUT2D eigenvalue weighted by atomic mass is 16.5. The molecule has 2 aromatic rings. The van der Waals surface area contributed by atoms with Crippen molar-refractivity contribution >= 4 is 11.8 Å². The molecule has 0 saturated carbocycles. The van der Waals surface area contributed by atoms with Crippen molar-refractivity contribution in [3.8, 4) is 5.75 Å². The largest absolute Gasteiger partial charge is 0.493 e. The first-order valence-electron chi connectivity index (χ1n) is 7.34.